The van der Waals surface area contributed by atoms with Crippen LogP contribution in [0.1, 0.15) is 73.5 Å². The largest absolute Gasteiger partial charge is 0.494 e. The van der Waals surface area contributed by atoms with Crippen molar-refractivity contribution in [3.63, 3.8) is 0 Å². The average Bonchev–Trinajstić information content (AvgIpc) is 3.45. The lowest BCUT2D eigenvalue weighted by molar-refractivity contribution is -0.704. The first-order valence-electron chi connectivity index (χ1n) is 15.1. The monoisotopic (exact) mass is 566 g/mol. The Morgan fingerprint density at radius 1 is 0.929 bits per heavy atom. The van der Waals surface area contributed by atoms with Crippen molar-refractivity contribution in [1.29, 1.82) is 5.26 Å². The van der Waals surface area contributed by atoms with E-state index in [0.717, 1.165) is 48.4 Å². The van der Waals surface area contributed by atoms with Crippen LogP contribution in [0.25, 0.3) is 0 Å². The van der Waals surface area contributed by atoms with Gasteiger partial charge in [0.15, 0.2) is 0 Å². The fraction of sp³-hybridized carbons (Fsp3) is 0.389. The number of nitriles is 1. The van der Waals surface area contributed by atoms with Gasteiger partial charge < -0.3 is 14.2 Å². The van der Waals surface area contributed by atoms with E-state index >= 15 is 0 Å². The Morgan fingerprint density at radius 3 is 2.43 bits per heavy atom. The van der Waals surface area contributed by atoms with Crippen LogP contribution in [0.3, 0.4) is 0 Å². The van der Waals surface area contributed by atoms with Crippen LogP contribution in [-0.2, 0) is 24.2 Å². The van der Waals surface area contributed by atoms with Crippen molar-refractivity contribution < 1.29 is 18.8 Å². The van der Waals surface area contributed by atoms with Gasteiger partial charge in [0.1, 0.15) is 36.5 Å². The summed E-state index contributed by atoms with van der Waals surface area (Å²) < 4.78 is 22.8. The summed E-state index contributed by atoms with van der Waals surface area (Å²) in [5.41, 5.74) is 5.42. The average molecular weight is 567 g/mol. The molecule has 3 aromatic carbocycles. The fourth-order valence-corrected chi connectivity index (χ4v) is 4.86. The van der Waals surface area contributed by atoms with E-state index in [-0.39, 0.29) is 6.10 Å². The minimum atomic E-state index is -0.108. The van der Waals surface area contributed by atoms with Gasteiger partial charge >= 0.3 is 0 Å². The summed E-state index contributed by atoms with van der Waals surface area (Å²) in [6.45, 7) is 12.2. The summed E-state index contributed by atoms with van der Waals surface area (Å²) in [5, 5.41) is 9.06. The topological polar surface area (TPSA) is 60.3 Å². The molecule has 0 fully saturated rings. The Labute approximate surface area is 251 Å². The van der Waals surface area contributed by atoms with Crippen LogP contribution in [0, 0.1) is 18.3 Å². The molecule has 0 saturated heterocycles. The summed E-state index contributed by atoms with van der Waals surface area (Å²) in [4.78, 5) is 0. The van der Waals surface area contributed by atoms with Crippen LogP contribution in [0.4, 0.5) is 0 Å². The predicted molar refractivity (Wildman–Crippen MR) is 166 cm³/mol. The van der Waals surface area contributed by atoms with E-state index in [1.54, 1.807) is 0 Å². The number of rotatable bonds is 16. The van der Waals surface area contributed by atoms with Gasteiger partial charge in [-0.15, -0.1) is 0 Å². The van der Waals surface area contributed by atoms with Gasteiger partial charge in [-0.05, 0) is 78.3 Å². The van der Waals surface area contributed by atoms with Gasteiger partial charge in [-0.2, -0.15) is 5.26 Å². The lowest BCUT2D eigenvalue weighted by atomic mass is 10.0. The number of imidazole rings is 1. The van der Waals surface area contributed by atoms with Crippen molar-refractivity contribution in [2.24, 2.45) is 0 Å². The molecule has 0 spiro atoms. The van der Waals surface area contributed by atoms with Crippen LogP contribution < -0.4 is 14.0 Å². The van der Waals surface area contributed by atoms with Crippen molar-refractivity contribution in [2.45, 2.75) is 72.1 Å². The number of nitrogens with zero attached hydrogens (tertiary/aromatic N) is 3. The molecule has 220 valence electrons. The number of ether oxygens (including phenoxy) is 3. The summed E-state index contributed by atoms with van der Waals surface area (Å²) in [6, 6.07) is 24.6. The molecule has 0 amide bonds. The minimum Gasteiger partial charge on any atom is -0.494 e. The third kappa shape index (κ3) is 9.22. The highest BCUT2D eigenvalue weighted by Crippen LogP contribution is 2.27. The highest BCUT2D eigenvalue weighted by atomic mass is 16.5. The molecule has 1 heterocycles. The first-order chi connectivity index (χ1) is 20.4. The highest BCUT2D eigenvalue weighted by Gasteiger charge is 2.17. The van der Waals surface area contributed by atoms with Gasteiger partial charge in [0.05, 0.1) is 38.0 Å². The summed E-state index contributed by atoms with van der Waals surface area (Å²) in [5.74, 6) is 2.31. The second kappa shape index (κ2) is 15.8. The molecule has 6 nitrogen and oxygen atoms in total. The molecule has 4 rings (SSSR count). The fourth-order valence-electron chi connectivity index (χ4n) is 4.86. The molecule has 0 aliphatic heterocycles. The Kier molecular flexibility index (Phi) is 11.6. The number of hydrogen-bond acceptors (Lipinski definition) is 4. The van der Waals surface area contributed by atoms with E-state index in [2.05, 4.69) is 92.0 Å². The van der Waals surface area contributed by atoms with E-state index in [0.29, 0.717) is 37.8 Å². The van der Waals surface area contributed by atoms with Crippen LogP contribution >= 0.6 is 0 Å². The first kappa shape index (κ1) is 30.9. The van der Waals surface area contributed by atoms with Crippen LogP contribution in [0.15, 0.2) is 85.5 Å². The highest BCUT2D eigenvalue weighted by molar-refractivity contribution is 5.39. The van der Waals surface area contributed by atoms with E-state index in [9.17, 15) is 0 Å². The second-order valence-electron chi connectivity index (χ2n) is 11.1. The molecule has 0 N–H and O–H groups in total. The molecule has 0 bridgehead atoms. The lowest BCUT2D eigenvalue weighted by Crippen LogP contribution is -2.35. The van der Waals surface area contributed by atoms with Crippen molar-refractivity contribution in [2.75, 3.05) is 19.8 Å². The number of aryl methyl sites for hydroxylation is 2. The molecular formula is C36H44N3O3+. The standard InChI is InChI=1S/C36H44N3O3/c1-5-21-40-33-14-12-32(13-15-33)36(42-23-17-30-8-10-31(25-37)11-9-30)26-39-20-19-38(27-39)18-6-22-41-35-24-29(4)7-16-34(35)28(2)3/h7-16,19-20,24,27-28,36H,5-6,17-18,21-23,26H2,1-4H3/q+1. The molecule has 42 heavy (non-hydrogen) atoms. The zero-order chi connectivity index (χ0) is 29.7. The number of hydrogen-bond donors (Lipinski definition) is 0. The third-order valence-electron chi connectivity index (χ3n) is 7.25. The Hall–Kier alpha value is -4.08. The Bertz CT molecular complexity index is 1420. The summed E-state index contributed by atoms with van der Waals surface area (Å²) >= 11 is 0. The molecule has 1 atom stereocenters. The normalized spacial score (nSPS) is 11.8. The first-order valence-corrected chi connectivity index (χ1v) is 15.1. The van der Waals surface area contributed by atoms with Gasteiger partial charge in [-0.1, -0.05) is 57.2 Å². The molecule has 4 aromatic rings. The van der Waals surface area contributed by atoms with Crippen molar-refractivity contribution in [3.8, 4) is 17.6 Å². The van der Waals surface area contributed by atoms with Crippen LogP contribution in [0.2, 0.25) is 0 Å². The van der Waals surface area contributed by atoms with Gasteiger partial charge in [0.25, 0.3) is 0 Å². The summed E-state index contributed by atoms with van der Waals surface area (Å²) in [7, 11) is 0. The number of aromatic nitrogens is 2. The maximum absolute atomic E-state index is 9.06. The van der Waals surface area contributed by atoms with Crippen LogP contribution in [-0.4, -0.2) is 24.4 Å². The molecule has 0 aliphatic rings. The van der Waals surface area contributed by atoms with Crippen LogP contribution in [0.5, 0.6) is 11.5 Å². The van der Waals surface area contributed by atoms with Crippen molar-refractivity contribution >= 4 is 0 Å². The zero-order valence-corrected chi connectivity index (χ0v) is 25.5. The van der Waals surface area contributed by atoms with Crippen molar-refractivity contribution in [3.05, 3.63) is 113 Å². The second-order valence-corrected chi connectivity index (χ2v) is 11.1. The van der Waals surface area contributed by atoms with E-state index < -0.39 is 0 Å². The molecule has 1 unspecified atom stereocenters. The van der Waals surface area contributed by atoms with Gasteiger partial charge in [0, 0.05) is 6.42 Å². The number of benzene rings is 3. The molecule has 6 heteroatoms. The molecule has 1 aromatic heterocycles. The molecule has 0 aliphatic carbocycles. The minimum absolute atomic E-state index is 0.108. The SMILES string of the molecule is CCCOc1ccc(C(C[n+]2ccn(CCCOc3cc(C)ccc3C(C)C)c2)OCCc2ccc(C#N)cc2)cc1. The Balaban J connectivity index is 1.35. The molecule has 0 saturated carbocycles. The maximum Gasteiger partial charge on any atom is 0.243 e. The quantitative estimate of drug-likeness (QED) is 0.105. The predicted octanol–water partition coefficient (Wildman–Crippen LogP) is 7.34. The van der Waals surface area contributed by atoms with Crippen molar-refractivity contribution in [1.82, 2.24) is 4.57 Å². The maximum atomic E-state index is 9.06. The molecular weight excluding hydrogens is 522 g/mol. The summed E-state index contributed by atoms with van der Waals surface area (Å²) in [6.07, 6.45) is 8.93. The van der Waals surface area contributed by atoms with Gasteiger partial charge in [0.2, 0.25) is 6.33 Å². The van der Waals surface area contributed by atoms with E-state index in [1.807, 2.05) is 36.4 Å². The third-order valence-corrected chi connectivity index (χ3v) is 7.25. The van der Waals surface area contributed by atoms with Gasteiger partial charge in [-0.3, -0.25) is 0 Å². The molecule has 0 radical (unpaired) electrons. The Morgan fingerprint density at radius 2 is 1.71 bits per heavy atom. The van der Waals surface area contributed by atoms with Gasteiger partial charge in [-0.25, -0.2) is 9.13 Å². The lowest BCUT2D eigenvalue weighted by Gasteiger charge is -2.17. The van der Waals surface area contributed by atoms with E-state index in [4.69, 9.17) is 19.5 Å². The smallest absolute Gasteiger partial charge is 0.243 e. The zero-order valence-electron chi connectivity index (χ0n) is 25.5. The van der Waals surface area contributed by atoms with E-state index in [1.165, 1.54) is 11.1 Å².